The summed E-state index contributed by atoms with van der Waals surface area (Å²) in [6, 6.07) is 15.4. The summed E-state index contributed by atoms with van der Waals surface area (Å²) < 4.78 is 0. The molecule has 0 radical (unpaired) electrons. The minimum absolute atomic E-state index is 0.0455. The zero-order chi connectivity index (χ0) is 19.1. The second kappa shape index (κ2) is 9.18. The van der Waals surface area contributed by atoms with E-state index in [-0.39, 0.29) is 18.2 Å². The number of hydrogen-bond donors (Lipinski definition) is 1. The maximum Gasteiger partial charge on any atom is 0.242 e. The molecule has 4 heteroatoms. The molecule has 0 aromatic heterocycles. The van der Waals surface area contributed by atoms with Gasteiger partial charge in [0.1, 0.15) is 6.04 Å². The van der Waals surface area contributed by atoms with E-state index in [1.54, 1.807) is 11.8 Å². The first-order valence-corrected chi connectivity index (χ1v) is 9.09. The number of carbonyl (C=O) groups excluding carboxylic acids is 2. The Morgan fingerprint density at radius 2 is 1.69 bits per heavy atom. The van der Waals surface area contributed by atoms with Gasteiger partial charge in [0.05, 0.1) is 6.42 Å². The molecule has 1 atom stereocenters. The second-order valence-corrected chi connectivity index (χ2v) is 6.68. The number of nitrogens with one attached hydrogen (secondary N) is 1. The molecule has 2 rings (SSSR count). The van der Waals surface area contributed by atoms with Crippen molar-refractivity contribution in [2.45, 2.75) is 46.7 Å². The molecule has 138 valence electrons. The fraction of sp³-hybridized carbons (Fsp3) is 0.364. The first-order valence-electron chi connectivity index (χ1n) is 9.09. The second-order valence-electron chi connectivity index (χ2n) is 6.68. The summed E-state index contributed by atoms with van der Waals surface area (Å²) in [7, 11) is 0. The van der Waals surface area contributed by atoms with Crippen LogP contribution < -0.4 is 5.32 Å². The van der Waals surface area contributed by atoms with Crippen molar-refractivity contribution in [3.8, 4) is 0 Å². The molecule has 0 aliphatic heterocycles. The largest absolute Gasteiger partial charge is 0.355 e. The van der Waals surface area contributed by atoms with Crippen LogP contribution in [0.25, 0.3) is 0 Å². The number of likely N-dealkylation sites (N-methyl/N-ethyl adjacent to an activating group) is 1. The van der Waals surface area contributed by atoms with Crippen molar-refractivity contribution in [2.24, 2.45) is 0 Å². The molecule has 2 amide bonds. The smallest absolute Gasteiger partial charge is 0.242 e. The summed E-state index contributed by atoms with van der Waals surface area (Å²) in [4.78, 5) is 27.0. The Bertz CT molecular complexity index is 753. The minimum atomic E-state index is -0.521. The molecule has 0 saturated heterocycles. The highest BCUT2D eigenvalue weighted by molar-refractivity contribution is 5.88. The summed E-state index contributed by atoms with van der Waals surface area (Å²) in [5.74, 6) is -0.172. The van der Waals surface area contributed by atoms with Gasteiger partial charge in [-0.3, -0.25) is 9.59 Å². The Balaban J connectivity index is 2.23. The Morgan fingerprint density at radius 1 is 1.04 bits per heavy atom. The average molecular weight is 352 g/mol. The van der Waals surface area contributed by atoms with Crippen LogP contribution in [-0.2, 0) is 22.6 Å². The first kappa shape index (κ1) is 19.7. The van der Waals surface area contributed by atoms with Gasteiger partial charge in [0.25, 0.3) is 0 Å². The van der Waals surface area contributed by atoms with Gasteiger partial charge in [-0.05, 0) is 44.4 Å². The number of benzene rings is 2. The van der Waals surface area contributed by atoms with Crippen LogP contribution in [0.5, 0.6) is 0 Å². The molecule has 0 fully saturated rings. The molecule has 0 bridgehead atoms. The fourth-order valence-electron chi connectivity index (χ4n) is 2.86. The molecule has 0 spiro atoms. The predicted molar refractivity (Wildman–Crippen MR) is 105 cm³/mol. The van der Waals surface area contributed by atoms with Gasteiger partial charge >= 0.3 is 0 Å². The third-order valence-electron chi connectivity index (χ3n) is 4.60. The molecule has 4 nitrogen and oxygen atoms in total. The van der Waals surface area contributed by atoms with Crippen LogP contribution in [0, 0.1) is 13.8 Å². The quantitative estimate of drug-likeness (QED) is 0.830. The normalized spacial score (nSPS) is 11.7. The molecular formula is C22H28N2O2. The van der Waals surface area contributed by atoms with Gasteiger partial charge in [-0.15, -0.1) is 0 Å². The topological polar surface area (TPSA) is 49.4 Å². The molecule has 0 unspecified atom stereocenters. The van der Waals surface area contributed by atoms with Crippen LogP contribution in [0.1, 0.15) is 36.1 Å². The van der Waals surface area contributed by atoms with E-state index in [1.165, 1.54) is 0 Å². The van der Waals surface area contributed by atoms with Gasteiger partial charge in [0, 0.05) is 13.1 Å². The van der Waals surface area contributed by atoms with Crippen LogP contribution in [0.3, 0.4) is 0 Å². The van der Waals surface area contributed by atoms with Crippen molar-refractivity contribution in [1.29, 1.82) is 0 Å². The summed E-state index contributed by atoms with van der Waals surface area (Å²) in [6.07, 6.45) is 0.288. The first-order chi connectivity index (χ1) is 12.4. The lowest BCUT2D eigenvalue weighted by molar-refractivity contribution is -0.140. The number of amides is 2. The van der Waals surface area contributed by atoms with E-state index < -0.39 is 6.04 Å². The predicted octanol–water partition coefficient (Wildman–Crippen LogP) is 3.40. The van der Waals surface area contributed by atoms with Crippen LogP contribution in [-0.4, -0.2) is 29.3 Å². The number of nitrogens with zero attached hydrogens (tertiary/aromatic N) is 1. The van der Waals surface area contributed by atoms with E-state index in [0.29, 0.717) is 13.1 Å². The molecular weight excluding hydrogens is 324 g/mol. The Hall–Kier alpha value is -2.62. The zero-order valence-corrected chi connectivity index (χ0v) is 16.1. The van der Waals surface area contributed by atoms with Gasteiger partial charge in [-0.25, -0.2) is 0 Å². The summed E-state index contributed by atoms with van der Waals surface area (Å²) >= 11 is 0. The van der Waals surface area contributed by atoms with E-state index >= 15 is 0 Å². The monoisotopic (exact) mass is 352 g/mol. The van der Waals surface area contributed by atoms with Crippen LogP contribution in [0.2, 0.25) is 0 Å². The van der Waals surface area contributed by atoms with Crippen LogP contribution in [0.4, 0.5) is 0 Å². The average Bonchev–Trinajstić information content (AvgIpc) is 2.62. The van der Waals surface area contributed by atoms with Crippen molar-refractivity contribution >= 4 is 11.8 Å². The van der Waals surface area contributed by atoms with Gasteiger partial charge < -0.3 is 10.2 Å². The minimum Gasteiger partial charge on any atom is -0.355 e. The number of hydrogen-bond acceptors (Lipinski definition) is 2. The zero-order valence-electron chi connectivity index (χ0n) is 16.1. The summed E-state index contributed by atoms with van der Waals surface area (Å²) in [6.45, 7) is 8.69. The number of rotatable bonds is 7. The highest BCUT2D eigenvalue weighted by atomic mass is 16.2. The third-order valence-corrected chi connectivity index (χ3v) is 4.60. The lowest BCUT2D eigenvalue weighted by Gasteiger charge is -2.29. The van der Waals surface area contributed by atoms with Gasteiger partial charge in [-0.2, -0.15) is 0 Å². The SMILES string of the molecule is CCNC(=O)[C@@H](C)N(Cc1ccccc1C)C(=O)Cc1ccc(C)cc1. The van der Waals surface area contributed by atoms with E-state index in [2.05, 4.69) is 5.32 Å². The van der Waals surface area contributed by atoms with E-state index in [1.807, 2.05) is 69.3 Å². The maximum atomic E-state index is 13.0. The lowest BCUT2D eigenvalue weighted by atomic mass is 10.1. The number of aryl methyl sites for hydroxylation is 2. The van der Waals surface area contributed by atoms with E-state index in [0.717, 1.165) is 22.3 Å². The Morgan fingerprint density at radius 3 is 2.31 bits per heavy atom. The highest BCUT2D eigenvalue weighted by Gasteiger charge is 2.26. The standard InChI is InChI=1S/C22H28N2O2/c1-5-23-22(26)18(4)24(15-20-9-7-6-8-17(20)3)21(25)14-19-12-10-16(2)11-13-19/h6-13,18H,5,14-15H2,1-4H3,(H,23,26)/t18-/m1/s1. The molecule has 0 saturated carbocycles. The van der Waals surface area contributed by atoms with Crippen molar-refractivity contribution in [2.75, 3.05) is 6.54 Å². The van der Waals surface area contributed by atoms with Crippen molar-refractivity contribution < 1.29 is 9.59 Å². The Labute approximate surface area is 156 Å². The molecule has 26 heavy (non-hydrogen) atoms. The van der Waals surface area contributed by atoms with Crippen molar-refractivity contribution in [3.05, 3.63) is 70.8 Å². The molecule has 0 aliphatic rings. The van der Waals surface area contributed by atoms with Crippen molar-refractivity contribution in [3.63, 3.8) is 0 Å². The Kier molecular flexibility index (Phi) is 6.96. The molecule has 1 N–H and O–H groups in total. The lowest BCUT2D eigenvalue weighted by Crippen LogP contribution is -2.48. The van der Waals surface area contributed by atoms with E-state index in [4.69, 9.17) is 0 Å². The third kappa shape index (κ3) is 5.19. The van der Waals surface area contributed by atoms with Crippen molar-refractivity contribution in [1.82, 2.24) is 10.2 Å². The van der Waals surface area contributed by atoms with Gasteiger partial charge in [0.2, 0.25) is 11.8 Å². The van der Waals surface area contributed by atoms with Crippen LogP contribution in [0.15, 0.2) is 48.5 Å². The highest BCUT2D eigenvalue weighted by Crippen LogP contribution is 2.15. The fourth-order valence-corrected chi connectivity index (χ4v) is 2.86. The molecule has 2 aromatic rings. The summed E-state index contributed by atoms with van der Waals surface area (Å²) in [5, 5.41) is 2.82. The van der Waals surface area contributed by atoms with Gasteiger partial charge in [-0.1, -0.05) is 54.1 Å². The summed E-state index contributed by atoms with van der Waals surface area (Å²) in [5.41, 5.74) is 4.29. The van der Waals surface area contributed by atoms with Crippen LogP contribution >= 0.6 is 0 Å². The van der Waals surface area contributed by atoms with Gasteiger partial charge in [0.15, 0.2) is 0 Å². The van der Waals surface area contributed by atoms with E-state index in [9.17, 15) is 9.59 Å². The molecule has 2 aromatic carbocycles. The maximum absolute atomic E-state index is 13.0. The number of carbonyl (C=O) groups is 2. The molecule has 0 heterocycles. The molecule has 0 aliphatic carbocycles.